The molecule has 0 spiro atoms. The highest BCUT2D eigenvalue weighted by molar-refractivity contribution is 5.75. The van der Waals surface area contributed by atoms with Crippen LogP contribution in [0.3, 0.4) is 0 Å². The molecule has 2 rings (SSSR count). The molecule has 1 heterocycles. The summed E-state index contributed by atoms with van der Waals surface area (Å²) in [5, 5.41) is 0. The Morgan fingerprint density at radius 1 is 1.36 bits per heavy atom. The van der Waals surface area contributed by atoms with Crippen molar-refractivity contribution in [1.29, 1.82) is 0 Å². The fraction of sp³-hybridized carbons (Fsp3) is 0.100. The van der Waals surface area contributed by atoms with Crippen molar-refractivity contribution in [3.63, 3.8) is 0 Å². The summed E-state index contributed by atoms with van der Waals surface area (Å²) in [6, 6.07) is 7.66. The second kappa shape index (κ2) is 3.41. The molecule has 3 N–H and O–H groups in total. The molecule has 0 atom stereocenters. The Balaban J connectivity index is 2.56. The van der Waals surface area contributed by atoms with Gasteiger partial charge in [0.15, 0.2) is 0 Å². The lowest BCUT2D eigenvalue weighted by Gasteiger charge is -2.06. The molecule has 0 unspecified atom stereocenters. The van der Waals surface area contributed by atoms with Crippen molar-refractivity contribution in [1.82, 2.24) is 9.97 Å². The van der Waals surface area contributed by atoms with E-state index in [1.807, 2.05) is 24.3 Å². The molecule has 2 aromatic rings. The van der Waals surface area contributed by atoms with Gasteiger partial charge in [-0.05, 0) is 12.1 Å². The number of anilines is 1. The summed E-state index contributed by atoms with van der Waals surface area (Å²) in [5.41, 5.74) is 7.41. The minimum Gasteiger partial charge on any atom is -0.496 e. The summed E-state index contributed by atoms with van der Waals surface area (Å²) < 4.78 is 5.22. The number of aromatic amines is 1. The Bertz CT molecular complexity index is 436. The summed E-state index contributed by atoms with van der Waals surface area (Å²) in [6.45, 7) is 0. The maximum absolute atomic E-state index is 5.70. The molecule has 0 aliphatic carbocycles. The first-order valence-corrected chi connectivity index (χ1v) is 4.25. The van der Waals surface area contributed by atoms with Crippen LogP contribution in [0.25, 0.3) is 11.3 Å². The molecule has 4 heteroatoms. The molecule has 1 aromatic carbocycles. The highest BCUT2D eigenvalue weighted by atomic mass is 16.5. The number of hydrogen-bond acceptors (Lipinski definition) is 3. The van der Waals surface area contributed by atoms with Gasteiger partial charge in [-0.1, -0.05) is 12.1 Å². The van der Waals surface area contributed by atoms with Gasteiger partial charge in [0.1, 0.15) is 11.6 Å². The topological polar surface area (TPSA) is 63.9 Å². The molecule has 0 saturated heterocycles. The smallest absolute Gasteiger partial charge is 0.149 e. The number of ether oxygens (including phenoxy) is 1. The standard InChI is InChI=1S/C10H11N3O/c1-14-8-5-3-2-4-7(8)9-10(11)13-6-12-9/h2-6H,11H2,1H3,(H,12,13). The molecule has 4 nitrogen and oxygen atoms in total. The van der Waals surface area contributed by atoms with E-state index in [2.05, 4.69) is 9.97 Å². The number of H-pyrrole nitrogens is 1. The number of rotatable bonds is 2. The van der Waals surface area contributed by atoms with Crippen LogP contribution >= 0.6 is 0 Å². The molecule has 0 radical (unpaired) electrons. The van der Waals surface area contributed by atoms with Gasteiger partial charge in [-0.15, -0.1) is 0 Å². The first kappa shape index (κ1) is 8.62. The monoisotopic (exact) mass is 189 g/mol. The molecular weight excluding hydrogens is 178 g/mol. The van der Waals surface area contributed by atoms with E-state index in [4.69, 9.17) is 10.5 Å². The average molecular weight is 189 g/mol. The maximum atomic E-state index is 5.70. The minimum atomic E-state index is 0.481. The van der Waals surface area contributed by atoms with Gasteiger partial charge in [0.2, 0.25) is 0 Å². The zero-order valence-corrected chi connectivity index (χ0v) is 7.82. The van der Waals surface area contributed by atoms with Gasteiger partial charge in [-0.25, -0.2) is 4.98 Å². The van der Waals surface area contributed by atoms with Gasteiger partial charge < -0.3 is 15.5 Å². The molecular formula is C10H11N3O. The third-order valence-corrected chi connectivity index (χ3v) is 2.04. The van der Waals surface area contributed by atoms with E-state index in [-0.39, 0.29) is 0 Å². The van der Waals surface area contributed by atoms with E-state index < -0.39 is 0 Å². The Morgan fingerprint density at radius 3 is 2.79 bits per heavy atom. The normalized spacial score (nSPS) is 10.1. The van der Waals surface area contributed by atoms with Gasteiger partial charge in [-0.2, -0.15) is 0 Å². The largest absolute Gasteiger partial charge is 0.496 e. The van der Waals surface area contributed by atoms with E-state index >= 15 is 0 Å². The summed E-state index contributed by atoms with van der Waals surface area (Å²) in [6.07, 6.45) is 1.57. The lowest BCUT2D eigenvalue weighted by atomic mass is 10.1. The molecule has 0 saturated carbocycles. The van der Waals surface area contributed by atoms with E-state index in [1.54, 1.807) is 13.4 Å². The van der Waals surface area contributed by atoms with Crippen molar-refractivity contribution in [3.05, 3.63) is 30.6 Å². The molecule has 1 aromatic heterocycles. The fourth-order valence-corrected chi connectivity index (χ4v) is 1.37. The van der Waals surface area contributed by atoms with Crippen LogP contribution in [0, 0.1) is 0 Å². The predicted octanol–water partition coefficient (Wildman–Crippen LogP) is 1.67. The Hall–Kier alpha value is -1.97. The first-order chi connectivity index (χ1) is 6.83. The number of nitrogens with two attached hydrogens (primary N) is 1. The molecule has 0 fully saturated rings. The van der Waals surface area contributed by atoms with Crippen molar-refractivity contribution in [3.8, 4) is 17.0 Å². The summed E-state index contributed by atoms with van der Waals surface area (Å²) in [5.74, 6) is 1.26. The number of aromatic nitrogens is 2. The zero-order chi connectivity index (χ0) is 9.97. The van der Waals surface area contributed by atoms with Crippen LogP contribution in [0.5, 0.6) is 5.75 Å². The van der Waals surface area contributed by atoms with Crippen molar-refractivity contribution >= 4 is 5.82 Å². The van der Waals surface area contributed by atoms with Crippen LogP contribution in [0.2, 0.25) is 0 Å². The Labute approximate surface area is 81.7 Å². The minimum absolute atomic E-state index is 0.481. The summed E-state index contributed by atoms with van der Waals surface area (Å²) in [4.78, 5) is 6.92. The van der Waals surface area contributed by atoms with Crippen LogP contribution in [0.4, 0.5) is 5.82 Å². The number of nitrogens with zero attached hydrogens (tertiary/aromatic N) is 1. The van der Waals surface area contributed by atoms with E-state index in [0.29, 0.717) is 5.82 Å². The molecule has 0 aliphatic heterocycles. The molecule has 0 amide bonds. The third-order valence-electron chi connectivity index (χ3n) is 2.04. The fourth-order valence-electron chi connectivity index (χ4n) is 1.37. The Morgan fingerprint density at radius 2 is 2.14 bits per heavy atom. The number of hydrogen-bond donors (Lipinski definition) is 2. The third kappa shape index (κ3) is 1.31. The van der Waals surface area contributed by atoms with Gasteiger partial charge >= 0.3 is 0 Å². The van der Waals surface area contributed by atoms with Gasteiger partial charge in [-0.3, -0.25) is 0 Å². The first-order valence-electron chi connectivity index (χ1n) is 4.25. The van der Waals surface area contributed by atoms with Crippen LogP contribution in [-0.2, 0) is 0 Å². The Kier molecular flexibility index (Phi) is 2.10. The lowest BCUT2D eigenvalue weighted by molar-refractivity contribution is 0.416. The number of benzene rings is 1. The molecule has 14 heavy (non-hydrogen) atoms. The van der Waals surface area contributed by atoms with Gasteiger partial charge in [0.05, 0.1) is 19.1 Å². The molecule has 72 valence electrons. The van der Waals surface area contributed by atoms with E-state index in [9.17, 15) is 0 Å². The molecule has 0 bridgehead atoms. The summed E-state index contributed by atoms with van der Waals surface area (Å²) in [7, 11) is 1.63. The number of methoxy groups -OCH3 is 1. The second-order valence-electron chi connectivity index (χ2n) is 2.86. The second-order valence-corrected chi connectivity index (χ2v) is 2.86. The van der Waals surface area contributed by atoms with Crippen molar-refractivity contribution in [2.45, 2.75) is 0 Å². The van der Waals surface area contributed by atoms with Crippen molar-refractivity contribution in [2.75, 3.05) is 12.8 Å². The van der Waals surface area contributed by atoms with Crippen LogP contribution < -0.4 is 10.5 Å². The number of nitrogen functional groups attached to an aromatic ring is 1. The van der Waals surface area contributed by atoms with Crippen molar-refractivity contribution in [2.24, 2.45) is 0 Å². The lowest BCUT2D eigenvalue weighted by Crippen LogP contribution is -1.91. The summed E-state index contributed by atoms with van der Waals surface area (Å²) >= 11 is 0. The SMILES string of the molecule is COc1ccccc1-c1[nH]cnc1N. The van der Waals surface area contributed by atoms with Crippen LogP contribution in [0.1, 0.15) is 0 Å². The van der Waals surface area contributed by atoms with Crippen molar-refractivity contribution < 1.29 is 4.74 Å². The van der Waals surface area contributed by atoms with E-state index in [1.165, 1.54) is 0 Å². The highest BCUT2D eigenvalue weighted by Gasteiger charge is 2.09. The highest BCUT2D eigenvalue weighted by Crippen LogP contribution is 2.30. The number of imidazole rings is 1. The molecule has 0 aliphatic rings. The predicted molar refractivity (Wildman–Crippen MR) is 55.0 cm³/mol. The maximum Gasteiger partial charge on any atom is 0.149 e. The van der Waals surface area contributed by atoms with Gasteiger partial charge in [0.25, 0.3) is 0 Å². The van der Waals surface area contributed by atoms with E-state index in [0.717, 1.165) is 17.0 Å². The van der Waals surface area contributed by atoms with Gasteiger partial charge in [0, 0.05) is 5.56 Å². The number of para-hydroxylation sites is 1. The quantitative estimate of drug-likeness (QED) is 0.755. The zero-order valence-electron chi connectivity index (χ0n) is 7.82. The van der Waals surface area contributed by atoms with Crippen LogP contribution in [-0.4, -0.2) is 17.1 Å². The van der Waals surface area contributed by atoms with Crippen LogP contribution in [0.15, 0.2) is 30.6 Å². The average Bonchev–Trinajstić information content (AvgIpc) is 2.64. The number of nitrogens with one attached hydrogen (secondary N) is 1.